The summed E-state index contributed by atoms with van der Waals surface area (Å²) in [4.78, 5) is 0. The van der Waals surface area contributed by atoms with Crippen LogP contribution in [0.4, 0.5) is 0 Å². The van der Waals surface area contributed by atoms with Crippen molar-refractivity contribution >= 4 is 6.08 Å². The van der Waals surface area contributed by atoms with Gasteiger partial charge in [-0.05, 0) is 102 Å². The van der Waals surface area contributed by atoms with Crippen molar-refractivity contribution in [1.29, 1.82) is 0 Å². The highest BCUT2D eigenvalue weighted by molar-refractivity contribution is 5.80. The molecular formula is C35H42. The number of hydrogen-bond donors (Lipinski definition) is 0. The minimum Gasteiger partial charge on any atom is -0.0989 e. The Balaban J connectivity index is 1.29. The summed E-state index contributed by atoms with van der Waals surface area (Å²) in [5.41, 5.74) is 15.2. The molecule has 0 heteroatoms. The van der Waals surface area contributed by atoms with Gasteiger partial charge in [0.05, 0.1) is 0 Å². The van der Waals surface area contributed by atoms with Gasteiger partial charge in [0.25, 0.3) is 0 Å². The van der Waals surface area contributed by atoms with Gasteiger partial charge >= 0.3 is 0 Å². The lowest BCUT2D eigenvalue weighted by molar-refractivity contribution is 0.417. The van der Waals surface area contributed by atoms with Gasteiger partial charge in [-0.25, -0.2) is 0 Å². The Bertz CT molecular complexity index is 1240. The third-order valence-corrected chi connectivity index (χ3v) is 10.4. The Hall–Kier alpha value is -2.34. The zero-order chi connectivity index (χ0) is 24.6. The van der Waals surface area contributed by atoms with Crippen molar-refractivity contribution in [2.45, 2.75) is 73.1 Å². The SMILES string of the molecule is C=C1C(CC2=Cc3cccc(-c4cc(C)cc(C)c4C[C@@H]4CCC[C@@H]4C)c3C2)C(=C)C2C1C2(C)C. The summed E-state index contributed by atoms with van der Waals surface area (Å²) in [7, 11) is 0. The van der Waals surface area contributed by atoms with Gasteiger partial charge in [-0.3, -0.25) is 0 Å². The third-order valence-electron chi connectivity index (χ3n) is 10.4. The van der Waals surface area contributed by atoms with Crippen LogP contribution >= 0.6 is 0 Å². The lowest BCUT2D eigenvalue weighted by Crippen LogP contribution is -2.11. The molecular weight excluding hydrogens is 420 g/mol. The van der Waals surface area contributed by atoms with Gasteiger partial charge in [0.1, 0.15) is 0 Å². The fraction of sp³-hybridized carbons (Fsp3) is 0.486. The lowest BCUT2D eigenvalue weighted by Gasteiger charge is -2.23. The van der Waals surface area contributed by atoms with E-state index in [1.54, 1.807) is 11.1 Å². The van der Waals surface area contributed by atoms with Crippen LogP contribution in [0, 0.1) is 48.9 Å². The first-order valence-corrected chi connectivity index (χ1v) is 14.0. The van der Waals surface area contributed by atoms with E-state index < -0.39 is 0 Å². The van der Waals surface area contributed by atoms with Crippen LogP contribution in [-0.4, -0.2) is 0 Å². The Kier molecular flexibility index (Phi) is 5.33. The van der Waals surface area contributed by atoms with Crippen LogP contribution in [0.1, 0.15) is 74.3 Å². The Morgan fingerprint density at radius 2 is 1.69 bits per heavy atom. The molecule has 0 radical (unpaired) electrons. The fourth-order valence-electron chi connectivity index (χ4n) is 8.33. The quantitative estimate of drug-likeness (QED) is 0.388. The van der Waals surface area contributed by atoms with E-state index in [0.717, 1.165) is 24.7 Å². The zero-order valence-corrected chi connectivity index (χ0v) is 22.5. The summed E-state index contributed by atoms with van der Waals surface area (Å²) in [6, 6.07) is 11.8. The zero-order valence-electron chi connectivity index (χ0n) is 22.5. The molecule has 182 valence electrons. The molecule has 0 bridgehead atoms. The van der Waals surface area contributed by atoms with Crippen LogP contribution in [0.3, 0.4) is 0 Å². The maximum atomic E-state index is 4.56. The average molecular weight is 463 g/mol. The summed E-state index contributed by atoms with van der Waals surface area (Å²) in [6.45, 7) is 21.0. The van der Waals surface area contributed by atoms with Crippen LogP contribution in [-0.2, 0) is 12.8 Å². The number of fused-ring (bicyclic) bond motifs is 2. The summed E-state index contributed by atoms with van der Waals surface area (Å²) in [5.74, 6) is 3.48. The predicted molar refractivity (Wildman–Crippen MR) is 150 cm³/mol. The first-order valence-electron chi connectivity index (χ1n) is 14.0. The number of allylic oxidation sites excluding steroid dienone is 3. The standard InChI is InChI=1S/C35H42/c1-20-14-22(3)29(19-26-11-8-10-21(26)2)32(15-20)28-13-9-12-27-16-25(18-31(27)28)17-30-23(4)33-34(24(30)5)35(33,6)7/h9,12-16,21,26,30,33-34H,4-5,8,10-11,17-19H2,1-3,6-7H3/t21-,26-,30?,33?,34?/m0/s1. The number of benzene rings is 2. The molecule has 4 aliphatic carbocycles. The van der Waals surface area contributed by atoms with E-state index in [0.29, 0.717) is 23.2 Å². The maximum Gasteiger partial charge on any atom is 0.00454 e. The molecule has 3 fully saturated rings. The van der Waals surface area contributed by atoms with Crippen LogP contribution in [0.15, 0.2) is 60.2 Å². The van der Waals surface area contributed by atoms with Crippen molar-refractivity contribution in [2.75, 3.05) is 0 Å². The van der Waals surface area contributed by atoms with Crippen LogP contribution in [0.25, 0.3) is 17.2 Å². The summed E-state index contributed by atoms with van der Waals surface area (Å²) < 4.78 is 0. The van der Waals surface area contributed by atoms with E-state index in [4.69, 9.17) is 0 Å². The van der Waals surface area contributed by atoms with Crippen molar-refractivity contribution in [1.82, 2.24) is 0 Å². The van der Waals surface area contributed by atoms with Gasteiger partial charge in [0.2, 0.25) is 0 Å². The molecule has 6 rings (SSSR count). The van der Waals surface area contributed by atoms with E-state index in [1.807, 2.05) is 0 Å². The maximum absolute atomic E-state index is 4.56. The highest BCUT2D eigenvalue weighted by Gasteiger charge is 2.65. The Labute approximate surface area is 213 Å². The van der Waals surface area contributed by atoms with Crippen molar-refractivity contribution in [2.24, 2.45) is 35.0 Å². The molecule has 0 aromatic heterocycles. The summed E-state index contributed by atoms with van der Waals surface area (Å²) in [6.07, 6.45) is 10.1. The number of hydrogen-bond acceptors (Lipinski definition) is 0. The molecule has 4 aliphatic rings. The van der Waals surface area contributed by atoms with Crippen molar-refractivity contribution in [3.05, 3.63) is 88.0 Å². The van der Waals surface area contributed by atoms with E-state index >= 15 is 0 Å². The molecule has 0 aliphatic heterocycles. The Morgan fingerprint density at radius 3 is 2.37 bits per heavy atom. The summed E-state index contributed by atoms with van der Waals surface area (Å²) in [5, 5.41) is 0. The first-order chi connectivity index (χ1) is 16.7. The van der Waals surface area contributed by atoms with E-state index in [1.165, 1.54) is 70.2 Å². The second-order valence-electron chi connectivity index (χ2n) is 13.0. The highest BCUT2D eigenvalue weighted by atomic mass is 14.7. The van der Waals surface area contributed by atoms with Gasteiger partial charge in [-0.2, -0.15) is 0 Å². The second kappa shape index (κ2) is 8.09. The highest BCUT2D eigenvalue weighted by Crippen LogP contribution is 2.72. The molecule has 0 saturated heterocycles. The third kappa shape index (κ3) is 3.62. The molecule has 0 spiro atoms. The second-order valence-corrected chi connectivity index (χ2v) is 13.0. The van der Waals surface area contributed by atoms with Crippen molar-refractivity contribution < 1.29 is 0 Å². The smallest absolute Gasteiger partial charge is 0.00454 e. The molecule has 0 heterocycles. The minimum atomic E-state index is 0.390. The van der Waals surface area contributed by atoms with Gasteiger partial charge in [-0.15, -0.1) is 0 Å². The normalized spacial score (nSPS) is 30.4. The molecule has 3 saturated carbocycles. The fourth-order valence-corrected chi connectivity index (χ4v) is 8.33. The van der Waals surface area contributed by atoms with Crippen LogP contribution in [0.2, 0.25) is 0 Å². The topological polar surface area (TPSA) is 0 Å². The molecule has 2 aromatic rings. The molecule has 0 N–H and O–H groups in total. The molecule has 35 heavy (non-hydrogen) atoms. The number of rotatable bonds is 5. The molecule has 0 amide bonds. The van der Waals surface area contributed by atoms with E-state index in [-0.39, 0.29) is 0 Å². The molecule has 4 atom stereocenters. The number of aryl methyl sites for hydroxylation is 2. The van der Waals surface area contributed by atoms with Gasteiger partial charge in [0, 0.05) is 5.92 Å². The van der Waals surface area contributed by atoms with E-state index in [2.05, 4.69) is 84.2 Å². The Morgan fingerprint density at radius 1 is 0.943 bits per heavy atom. The molecule has 2 unspecified atom stereocenters. The summed E-state index contributed by atoms with van der Waals surface area (Å²) >= 11 is 0. The average Bonchev–Trinajstić information content (AvgIpc) is 3.16. The van der Waals surface area contributed by atoms with Gasteiger partial charge in [-0.1, -0.05) is 105 Å². The van der Waals surface area contributed by atoms with Gasteiger partial charge < -0.3 is 0 Å². The monoisotopic (exact) mass is 462 g/mol. The predicted octanol–water partition coefficient (Wildman–Crippen LogP) is 9.29. The first kappa shape index (κ1) is 23.1. The van der Waals surface area contributed by atoms with Crippen LogP contribution in [0.5, 0.6) is 0 Å². The van der Waals surface area contributed by atoms with Gasteiger partial charge in [0.15, 0.2) is 0 Å². The lowest BCUT2D eigenvalue weighted by atomic mass is 9.82. The van der Waals surface area contributed by atoms with Crippen LogP contribution < -0.4 is 0 Å². The van der Waals surface area contributed by atoms with E-state index in [9.17, 15) is 0 Å². The molecule has 0 nitrogen and oxygen atoms in total. The molecule has 2 aromatic carbocycles. The minimum absolute atomic E-state index is 0.390. The van der Waals surface area contributed by atoms with Crippen molar-refractivity contribution in [3.8, 4) is 11.1 Å². The largest absolute Gasteiger partial charge is 0.0989 e. The van der Waals surface area contributed by atoms with Crippen molar-refractivity contribution in [3.63, 3.8) is 0 Å².